The first-order valence-electron chi connectivity index (χ1n) is 8.50. The predicted molar refractivity (Wildman–Crippen MR) is 87.9 cm³/mol. The van der Waals surface area contributed by atoms with Crippen molar-refractivity contribution in [1.82, 2.24) is 0 Å². The standard InChI is InChI=1S/C20H20F4O/c1-13-18(21)11-17(12-19(13)22)25-20(23,24)16-9-7-15(8-10-16)14-5-3-2-4-6-14/h7-12,14H,2-6H2,1H3. The van der Waals surface area contributed by atoms with Gasteiger partial charge in [0.1, 0.15) is 17.4 Å². The molecule has 0 N–H and O–H groups in total. The van der Waals surface area contributed by atoms with Gasteiger partial charge in [0.25, 0.3) is 0 Å². The zero-order valence-electron chi connectivity index (χ0n) is 14.0. The molecule has 3 rings (SSSR count). The van der Waals surface area contributed by atoms with Gasteiger partial charge in [0.15, 0.2) is 0 Å². The summed E-state index contributed by atoms with van der Waals surface area (Å²) >= 11 is 0. The fourth-order valence-corrected chi connectivity index (χ4v) is 3.27. The van der Waals surface area contributed by atoms with E-state index in [4.69, 9.17) is 0 Å². The summed E-state index contributed by atoms with van der Waals surface area (Å²) in [4.78, 5) is 0. The first-order valence-corrected chi connectivity index (χ1v) is 8.50. The van der Waals surface area contributed by atoms with Crippen LogP contribution in [0.1, 0.15) is 54.7 Å². The number of alkyl halides is 2. The van der Waals surface area contributed by atoms with E-state index < -0.39 is 23.5 Å². The third-order valence-electron chi connectivity index (χ3n) is 4.82. The maximum absolute atomic E-state index is 14.3. The van der Waals surface area contributed by atoms with Gasteiger partial charge < -0.3 is 4.74 Å². The summed E-state index contributed by atoms with van der Waals surface area (Å²) in [5.74, 6) is -1.96. The van der Waals surface area contributed by atoms with Gasteiger partial charge in [-0.05, 0) is 43.4 Å². The largest absolute Gasteiger partial charge is 0.429 e. The Morgan fingerprint density at radius 3 is 2.04 bits per heavy atom. The Hall–Kier alpha value is -2.04. The van der Waals surface area contributed by atoms with Crippen LogP contribution in [0.4, 0.5) is 17.6 Å². The lowest BCUT2D eigenvalue weighted by Crippen LogP contribution is -2.22. The maximum atomic E-state index is 14.3. The van der Waals surface area contributed by atoms with Gasteiger partial charge in [-0.25, -0.2) is 8.78 Å². The molecule has 134 valence electrons. The van der Waals surface area contributed by atoms with Gasteiger partial charge in [-0.1, -0.05) is 31.4 Å². The molecule has 0 heterocycles. The van der Waals surface area contributed by atoms with E-state index in [0.29, 0.717) is 5.92 Å². The molecule has 0 bridgehead atoms. The molecular weight excluding hydrogens is 332 g/mol. The van der Waals surface area contributed by atoms with E-state index in [0.717, 1.165) is 43.4 Å². The molecule has 1 saturated carbocycles. The summed E-state index contributed by atoms with van der Waals surface area (Å²) in [5.41, 5.74) is 0.479. The topological polar surface area (TPSA) is 9.23 Å². The fraction of sp³-hybridized carbons (Fsp3) is 0.400. The molecule has 1 aliphatic carbocycles. The van der Waals surface area contributed by atoms with E-state index >= 15 is 0 Å². The van der Waals surface area contributed by atoms with E-state index in [9.17, 15) is 17.6 Å². The van der Waals surface area contributed by atoms with Crippen molar-refractivity contribution in [2.45, 2.75) is 51.1 Å². The van der Waals surface area contributed by atoms with Gasteiger partial charge in [0, 0.05) is 17.7 Å². The molecule has 0 amide bonds. The van der Waals surface area contributed by atoms with Crippen LogP contribution in [0.3, 0.4) is 0 Å². The van der Waals surface area contributed by atoms with Gasteiger partial charge in [-0.3, -0.25) is 0 Å². The normalized spacial score (nSPS) is 16.0. The van der Waals surface area contributed by atoms with Crippen molar-refractivity contribution in [1.29, 1.82) is 0 Å². The molecule has 0 spiro atoms. The van der Waals surface area contributed by atoms with E-state index in [2.05, 4.69) is 4.74 Å². The Morgan fingerprint density at radius 2 is 1.48 bits per heavy atom. The third-order valence-corrected chi connectivity index (χ3v) is 4.82. The average molecular weight is 352 g/mol. The van der Waals surface area contributed by atoms with Gasteiger partial charge in [0.2, 0.25) is 0 Å². The number of benzene rings is 2. The van der Waals surface area contributed by atoms with Crippen molar-refractivity contribution >= 4 is 0 Å². The molecule has 1 nitrogen and oxygen atoms in total. The van der Waals surface area contributed by atoms with Crippen molar-refractivity contribution < 1.29 is 22.3 Å². The average Bonchev–Trinajstić information content (AvgIpc) is 2.60. The van der Waals surface area contributed by atoms with Crippen molar-refractivity contribution in [3.8, 4) is 5.75 Å². The Labute approximate surface area is 144 Å². The SMILES string of the molecule is Cc1c(F)cc(OC(F)(F)c2ccc(C3CCCCC3)cc2)cc1F. The van der Waals surface area contributed by atoms with Crippen LogP contribution in [0, 0.1) is 18.6 Å². The minimum absolute atomic E-state index is 0.229. The Balaban J connectivity index is 1.77. The second-order valence-electron chi connectivity index (χ2n) is 6.59. The van der Waals surface area contributed by atoms with E-state index in [-0.39, 0.29) is 11.1 Å². The molecule has 2 aromatic carbocycles. The highest BCUT2D eigenvalue weighted by Crippen LogP contribution is 2.36. The lowest BCUT2D eigenvalue weighted by atomic mass is 9.84. The Kier molecular flexibility index (Phi) is 5.02. The second kappa shape index (κ2) is 7.06. The van der Waals surface area contributed by atoms with E-state index in [1.165, 1.54) is 25.5 Å². The summed E-state index contributed by atoms with van der Waals surface area (Å²) in [6.45, 7) is 1.23. The summed E-state index contributed by atoms with van der Waals surface area (Å²) in [7, 11) is 0. The molecular formula is C20H20F4O. The number of ether oxygens (including phenoxy) is 1. The number of hydrogen-bond donors (Lipinski definition) is 0. The molecule has 0 atom stereocenters. The Morgan fingerprint density at radius 1 is 0.920 bits per heavy atom. The summed E-state index contributed by atoms with van der Waals surface area (Å²) < 4.78 is 60.2. The lowest BCUT2D eigenvalue weighted by Gasteiger charge is -2.23. The molecule has 0 aliphatic heterocycles. The van der Waals surface area contributed by atoms with Crippen molar-refractivity contribution in [2.75, 3.05) is 0 Å². The van der Waals surface area contributed by atoms with Crippen LogP contribution < -0.4 is 4.74 Å². The zero-order valence-corrected chi connectivity index (χ0v) is 14.0. The van der Waals surface area contributed by atoms with Crippen molar-refractivity contribution in [3.63, 3.8) is 0 Å². The number of hydrogen-bond acceptors (Lipinski definition) is 1. The van der Waals surface area contributed by atoms with E-state index in [1.54, 1.807) is 12.1 Å². The van der Waals surface area contributed by atoms with Crippen molar-refractivity contribution in [2.24, 2.45) is 0 Å². The Bertz CT molecular complexity index is 711. The molecule has 0 aromatic heterocycles. The molecule has 5 heteroatoms. The minimum Gasteiger partial charge on any atom is -0.429 e. The van der Waals surface area contributed by atoms with Crippen LogP contribution in [-0.4, -0.2) is 0 Å². The number of rotatable bonds is 4. The van der Waals surface area contributed by atoms with Crippen LogP contribution in [0.25, 0.3) is 0 Å². The molecule has 0 radical (unpaired) electrons. The summed E-state index contributed by atoms with van der Waals surface area (Å²) in [6, 6.07) is 7.57. The van der Waals surface area contributed by atoms with Gasteiger partial charge in [0.05, 0.1) is 5.56 Å². The molecule has 0 saturated heterocycles. The van der Waals surface area contributed by atoms with Crippen LogP contribution in [0.15, 0.2) is 36.4 Å². The predicted octanol–water partition coefficient (Wildman–Crippen LogP) is 6.45. The molecule has 0 unspecified atom stereocenters. The first kappa shape index (κ1) is 17.8. The fourth-order valence-electron chi connectivity index (χ4n) is 3.27. The molecule has 1 fully saturated rings. The van der Waals surface area contributed by atoms with Gasteiger partial charge >= 0.3 is 6.11 Å². The molecule has 2 aromatic rings. The highest BCUT2D eigenvalue weighted by atomic mass is 19.3. The number of halogens is 4. The third kappa shape index (κ3) is 3.97. The zero-order chi connectivity index (χ0) is 18.0. The van der Waals surface area contributed by atoms with Crippen LogP contribution in [-0.2, 0) is 6.11 Å². The van der Waals surface area contributed by atoms with Gasteiger partial charge in [-0.15, -0.1) is 0 Å². The maximum Gasteiger partial charge on any atom is 0.426 e. The lowest BCUT2D eigenvalue weighted by molar-refractivity contribution is -0.185. The minimum atomic E-state index is -3.67. The highest BCUT2D eigenvalue weighted by Gasteiger charge is 2.35. The monoisotopic (exact) mass is 352 g/mol. The quantitative estimate of drug-likeness (QED) is 0.575. The smallest absolute Gasteiger partial charge is 0.426 e. The first-order chi connectivity index (χ1) is 11.9. The van der Waals surface area contributed by atoms with Crippen LogP contribution in [0.2, 0.25) is 0 Å². The molecule has 1 aliphatic rings. The highest BCUT2D eigenvalue weighted by molar-refractivity contribution is 5.32. The van der Waals surface area contributed by atoms with Crippen LogP contribution >= 0.6 is 0 Å². The van der Waals surface area contributed by atoms with Crippen LogP contribution in [0.5, 0.6) is 5.75 Å². The molecule has 25 heavy (non-hydrogen) atoms. The summed E-state index contributed by atoms with van der Waals surface area (Å²) in [5, 5.41) is 0. The van der Waals surface area contributed by atoms with Crippen molar-refractivity contribution in [3.05, 3.63) is 64.7 Å². The van der Waals surface area contributed by atoms with E-state index in [1.807, 2.05) is 0 Å². The van der Waals surface area contributed by atoms with Gasteiger partial charge in [-0.2, -0.15) is 8.78 Å². The summed E-state index contributed by atoms with van der Waals surface area (Å²) in [6.07, 6.45) is 2.04. The second-order valence-corrected chi connectivity index (χ2v) is 6.59.